The van der Waals surface area contributed by atoms with Crippen LogP contribution in [-0.4, -0.2) is 57.4 Å². The molecule has 0 aliphatic carbocycles. The Hall–Kier alpha value is -2.10. The Morgan fingerprint density at radius 3 is 0.810 bits per heavy atom. The maximum absolute atomic E-state index is 8.89. The Labute approximate surface area is 135 Å². The summed E-state index contributed by atoms with van der Waals surface area (Å²) < 4.78 is 0. The number of hydrogen-bond donors (Lipinski definition) is 5. The number of hydrogen-bond acceptors (Lipinski definition) is 5. The van der Waals surface area contributed by atoms with E-state index in [0.29, 0.717) is 13.1 Å². The van der Waals surface area contributed by atoms with Crippen LogP contribution in [0.4, 0.5) is 0 Å². The molecular formula is C10H19N2O8Zn-5. The molecule has 0 atom stereocenters. The maximum atomic E-state index is 8.89. The van der Waals surface area contributed by atoms with Crippen LogP contribution in [0, 0.1) is 27.7 Å². The van der Waals surface area contributed by atoms with Crippen molar-refractivity contribution in [3.8, 4) is 0 Å². The van der Waals surface area contributed by atoms with Gasteiger partial charge in [-0.3, -0.25) is 46.9 Å². The van der Waals surface area contributed by atoms with Gasteiger partial charge in [0.2, 0.25) is 0 Å². The summed E-state index contributed by atoms with van der Waals surface area (Å²) in [5.74, 6) is -4.33. The van der Waals surface area contributed by atoms with Crippen molar-refractivity contribution in [2.24, 2.45) is 5.73 Å². The van der Waals surface area contributed by atoms with Gasteiger partial charge in [0.25, 0.3) is 0 Å². The van der Waals surface area contributed by atoms with Gasteiger partial charge in [-0.1, -0.05) is 0 Å². The molecular weight excluding hydrogens is 342 g/mol. The molecule has 0 rings (SSSR count). The van der Waals surface area contributed by atoms with Crippen LogP contribution in [0.15, 0.2) is 0 Å². The average Bonchev–Trinajstić information content (AvgIpc) is 2.13. The largest absolute Gasteiger partial charge is 0.676 e. The van der Waals surface area contributed by atoms with Gasteiger partial charge >= 0.3 is 0 Å². The Morgan fingerprint density at radius 1 is 0.762 bits per heavy atom. The smallest absolute Gasteiger partial charge is 0.161 e. The Kier molecular flexibility index (Phi) is 62.6. The molecule has 0 fully saturated rings. The van der Waals surface area contributed by atoms with Crippen LogP contribution < -0.4 is 5.73 Å². The molecule has 0 aromatic carbocycles. The first-order chi connectivity index (χ1) is 8.84. The fourth-order valence-electron chi connectivity index (χ4n) is 0. The van der Waals surface area contributed by atoms with Gasteiger partial charge in [0, 0.05) is 19.5 Å². The molecule has 0 amide bonds. The molecule has 0 saturated heterocycles. The Balaban J connectivity index is -0.0000000331. The molecule has 0 unspecified atom stereocenters. The molecule has 0 bridgehead atoms. The van der Waals surface area contributed by atoms with Crippen molar-refractivity contribution >= 4 is 23.9 Å². The molecule has 0 aliphatic rings. The Bertz CT molecular complexity index is 195. The number of carbonyl (C=O) groups is 4. The van der Waals surface area contributed by atoms with E-state index in [2.05, 4.69) is 27.7 Å². The van der Waals surface area contributed by atoms with Crippen LogP contribution in [0.1, 0.15) is 0 Å². The number of aliphatic carboxylic acids is 4. The zero-order valence-corrected chi connectivity index (χ0v) is 14.4. The summed E-state index contributed by atoms with van der Waals surface area (Å²) in [6.07, 6.45) is 0. The Morgan fingerprint density at radius 2 is 0.810 bits per heavy atom. The molecule has 0 aliphatic heterocycles. The zero-order chi connectivity index (χ0) is 17.7. The van der Waals surface area contributed by atoms with E-state index in [0.717, 1.165) is 0 Å². The fraction of sp³-hybridized carbons (Fsp3) is 0.200. The molecule has 7 N–H and O–H groups in total. The van der Waals surface area contributed by atoms with E-state index < -0.39 is 23.9 Å². The third-order valence-corrected chi connectivity index (χ3v) is 0.144. The average molecular weight is 361 g/mol. The van der Waals surface area contributed by atoms with E-state index in [1.54, 1.807) is 0 Å². The van der Waals surface area contributed by atoms with Crippen LogP contribution in [0.25, 0.3) is 5.73 Å². The summed E-state index contributed by atoms with van der Waals surface area (Å²) in [7, 11) is 0. The van der Waals surface area contributed by atoms with E-state index in [4.69, 9.17) is 51.1 Å². The van der Waals surface area contributed by atoms with Crippen LogP contribution in [-0.2, 0) is 38.7 Å². The minimum absolute atomic E-state index is 0. The monoisotopic (exact) mass is 359 g/mol. The number of nitrogens with two attached hydrogens (primary N) is 1. The van der Waals surface area contributed by atoms with Crippen molar-refractivity contribution in [3.63, 3.8) is 0 Å². The zero-order valence-electron chi connectivity index (χ0n) is 11.4. The van der Waals surface area contributed by atoms with Crippen LogP contribution in [0.5, 0.6) is 0 Å². The van der Waals surface area contributed by atoms with Crippen LogP contribution >= 0.6 is 0 Å². The first-order valence-electron chi connectivity index (χ1n) is 4.39. The molecule has 124 valence electrons. The summed E-state index contributed by atoms with van der Waals surface area (Å²) in [6.45, 7) is 11.1. The summed E-state index contributed by atoms with van der Waals surface area (Å²) in [4.78, 5) is 35.6. The number of rotatable bonds is 1. The first-order valence-corrected chi connectivity index (χ1v) is 4.39. The van der Waals surface area contributed by atoms with Gasteiger partial charge in [0.15, 0.2) is 23.9 Å². The van der Waals surface area contributed by atoms with Crippen LogP contribution in [0.2, 0.25) is 0 Å². The van der Waals surface area contributed by atoms with Gasteiger partial charge in [-0.25, -0.2) is 0 Å². The standard InChI is InChI=1S/C2H7N2.4C2H3O2.Zn/c3-1-2-4;4*1-2(3)4;/h3H,1-2,4H2;4*1H2,(H,3,4);/q5*-1;. The van der Waals surface area contributed by atoms with Gasteiger partial charge in [-0.15, -0.1) is 6.54 Å². The number of carboxylic acid groups (broad SMARTS) is 4. The summed E-state index contributed by atoms with van der Waals surface area (Å²) in [5.41, 5.74) is 11.2. The van der Waals surface area contributed by atoms with Gasteiger partial charge in [0.05, 0.1) is 0 Å². The fourth-order valence-corrected chi connectivity index (χ4v) is 0. The van der Waals surface area contributed by atoms with Gasteiger partial charge in [-0.2, -0.15) is 0 Å². The topological polar surface area (TPSA) is 199 Å². The molecule has 0 radical (unpaired) electrons. The predicted molar refractivity (Wildman–Crippen MR) is 70.2 cm³/mol. The second-order valence-corrected chi connectivity index (χ2v) is 2.11. The molecule has 21 heavy (non-hydrogen) atoms. The molecule has 11 heteroatoms. The minimum atomic E-state index is -1.08. The van der Waals surface area contributed by atoms with Crippen molar-refractivity contribution in [1.82, 2.24) is 0 Å². The van der Waals surface area contributed by atoms with Crippen molar-refractivity contribution in [2.75, 3.05) is 13.1 Å². The third kappa shape index (κ3) is 3770. The van der Waals surface area contributed by atoms with E-state index in [1.807, 2.05) is 0 Å². The maximum Gasteiger partial charge on any atom is 0.161 e. The SMILES string of the molecule is [CH2-]C(=O)O.[CH2-]C(=O)O.[CH2-]C(=O)O.[CH2-]C(=O)O.[NH-]CCN.[Zn]. The van der Waals surface area contributed by atoms with E-state index in [-0.39, 0.29) is 19.5 Å². The number of carboxylic acids is 4. The summed E-state index contributed by atoms with van der Waals surface area (Å²) in [6, 6.07) is 0. The molecule has 0 heterocycles. The van der Waals surface area contributed by atoms with E-state index >= 15 is 0 Å². The summed E-state index contributed by atoms with van der Waals surface area (Å²) >= 11 is 0. The normalized spacial score (nSPS) is 6.00. The van der Waals surface area contributed by atoms with Crippen molar-refractivity contribution < 1.29 is 59.1 Å². The van der Waals surface area contributed by atoms with Gasteiger partial charge in [-0.05, 0) is 6.54 Å². The second kappa shape index (κ2) is 36.1. The molecule has 0 aromatic rings. The molecule has 0 aromatic heterocycles. The van der Waals surface area contributed by atoms with Crippen molar-refractivity contribution in [3.05, 3.63) is 33.4 Å². The van der Waals surface area contributed by atoms with Gasteiger partial charge in [0.1, 0.15) is 0 Å². The second-order valence-electron chi connectivity index (χ2n) is 2.11. The third-order valence-electron chi connectivity index (χ3n) is 0.144. The first kappa shape index (κ1) is 36.4. The molecule has 0 saturated carbocycles. The van der Waals surface area contributed by atoms with Crippen molar-refractivity contribution in [1.29, 1.82) is 0 Å². The van der Waals surface area contributed by atoms with Gasteiger partial charge < -0.3 is 31.9 Å². The number of nitrogens with one attached hydrogen (secondary N) is 1. The van der Waals surface area contributed by atoms with Crippen LogP contribution in [0.3, 0.4) is 0 Å². The van der Waals surface area contributed by atoms with E-state index in [9.17, 15) is 0 Å². The van der Waals surface area contributed by atoms with E-state index in [1.165, 1.54) is 0 Å². The molecule has 0 spiro atoms. The minimum Gasteiger partial charge on any atom is -0.676 e. The molecule has 10 nitrogen and oxygen atoms in total. The summed E-state index contributed by atoms with van der Waals surface area (Å²) in [5, 5.41) is 29.2. The quantitative estimate of drug-likeness (QED) is 0.305. The predicted octanol–water partition coefficient (Wildman–Crippen LogP) is -0.385. The van der Waals surface area contributed by atoms with Crippen molar-refractivity contribution in [2.45, 2.75) is 0 Å².